The third-order valence-corrected chi connectivity index (χ3v) is 2.01. The van der Waals surface area contributed by atoms with Crippen LogP contribution < -0.4 is 5.32 Å². The summed E-state index contributed by atoms with van der Waals surface area (Å²) in [5.41, 5.74) is 1.05. The quantitative estimate of drug-likeness (QED) is 0.700. The lowest BCUT2D eigenvalue weighted by atomic mass is 10.2. The third kappa shape index (κ3) is 2.54. The summed E-state index contributed by atoms with van der Waals surface area (Å²) >= 11 is 0. The molecule has 1 aromatic rings. The SMILES string of the molecule is CCNC(CO)c1cnn(CC)c1. The van der Waals surface area contributed by atoms with E-state index in [0.29, 0.717) is 0 Å². The fraction of sp³-hybridized carbons (Fsp3) is 0.667. The Morgan fingerprint density at radius 1 is 1.62 bits per heavy atom. The van der Waals surface area contributed by atoms with Crippen molar-refractivity contribution in [1.29, 1.82) is 0 Å². The Hall–Kier alpha value is -0.870. The van der Waals surface area contributed by atoms with Gasteiger partial charge < -0.3 is 10.4 Å². The molecule has 74 valence electrons. The zero-order chi connectivity index (χ0) is 9.68. The van der Waals surface area contributed by atoms with Crippen molar-refractivity contribution in [3.05, 3.63) is 18.0 Å². The fourth-order valence-electron chi connectivity index (χ4n) is 1.27. The minimum Gasteiger partial charge on any atom is -0.394 e. The number of nitrogens with zero attached hydrogens (tertiary/aromatic N) is 2. The predicted molar refractivity (Wildman–Crippen MR) is 51.4 cm³/mol. The van der Waals surface area contributed by atoms with Gasteiger partial charge >= 0.3 is 0 Å². The van der Waals surface area contributed by atoms with Gasteiger partial charge in [-0.05, 0) is 13.5 Å². The van der Waals surface area contributed by atoms with E-state index in [1.54, 1.807) is 6.20 Å². The number of aliphatic hydroxyl groups is 1. The molecule has 0 aromatic carbocycles. The van der Waals surface area contributed by atoms with Gasteiger partial charge in [-0.15, -0.1) is 0 Å². The maximum absolute atomic E-state index is 9.09. The average molecular weight is 183 g/mol. The second-order valence-electron chi connectivity index (χ2n) is 2.92. The Bertz CT molecular complexity index is 247. The Labute approximate surface area is 78.6 Å². The number of likely N-dealkylation sites (N-methyl/N-ethyl adjacent to an activating group) is 1. The lowest BCUT2D eigenvalue weighted by Crippen LogP contribution is -2.23. The Kier molecular flexibility index (Phi) is 3.92. The largest absolute Gasteiger partial charge is 0.394 e. The summed E-state index contributed by atoms with van der Waals surface area (Å²) in [4.78, 5) is 0. The van der Waals surface area contributed by atoms with E-state index in [1.165, 1.54) is 0 Å². The van der Waals surface area contributed by atoms with Gasteiger partial charge in [0.15, 0.2) is 0 Å². The molecule has 1 heterocycles. The summed E-state index contributed by atoms with van der Waals surface area (Å²) in [6, 6.07) is 0.0188. The van der Waals surface area contributed by atoms with Crippen molar-refractivity contribution in [2.45, 2.75) is 26.4 Å². The van der Waals surface area contributed by atoms with Crippen LogP contribution in [0.3, 0.4) is 0 Å². The number of hydrogen-bond donors (Lipinski definition) is 2. The molecule has 0 spiro atoms. The van der Waals surface area contributed by atoms with Gasteiger partial charge in [0.25, 0.3) is 0 Å². The van der Waals surface area contributed by atoms with Crippen LogP contribution in [0.25, 0.3) is 0 Å². The van der Waals surface area contributed by atoms with Crippen molar-refractivity contribution in [2.24, 2.45) is 0 Å². The first-order valence-electron chi connectivity index (χ1n) is 4.68. The molecule has 0 saturated heterocycles. The lowest BCUT2D eigenvalue weighted by molar-refractivity contribution is 0.246. The van der Waals surface area contributed by atoms with Crippen molar-refractivity contribution in [1.82, 2.24) is 15.1 Å². The van der Waals surface area contributed by atoms with Gasteiger partial charge in [-0.3, -0.25) is 4.68 Å². The first-order chi connectivity index (χ1) is 6.31. The summed E-state index contributed by atoms with van der Waals surface area (Å²) < 4.78 is 1.86. The van der Waals surface area contributed by atoms with E-state index in [0.717, 1.165) is 18.7 Å². The van der Waals surface area contributed by atoms with E-state index in [4.69, 9.17) is 5.11 Å². The molecule has 0 radical (unpaired) electrons. The number of nitrogens with one attached hydrogen (secondary N) is 1. The van der Waals surface area contributed by atoms with Crippen LogP contribution in [0.15, 0.2) is 12.4 Å². The molecule has 0 bridgehead atoms. The molecule has 1 rings (SSSR count). The molecular weight excluding hydrogens is 166 g/mol. The second kappa shape index (κ2) is 4.99. The number of rotatable bonds is 5. The number of aromatic nitrogens is 2. The van der Waals surface area contributed by atoms with Crippen molar-refractivity contribution < 1.29 is 5.11 Å². The highest BCUT2D eigenvalue weighted by atomic mass is 16.3. The van der Waals surface area contributed by atoms with Gasteiger partial charge in [0.2, 0.25) is 0 Å². The fourth-order valence-corrected chi connectivity index (χ4v) is 1.27. The van der Waals surface area contributed by atoms with E-state index in [-0.39, 0.29) is 12.6 Å². The Morgan fingerprint density at radius 3 is 2.85 bits per heavy atom. The average Bonchev–Trinajstić information content (AvgIpc) is 2.62. The van der Waals surface area contributed by atoms with E-state index in [2.05, 4.69) is 10.4 Å². The Morgan fingerprint density at radius 2 is 2.38 bits per heavy atom. The lowest BCUT2D eigenvalue weighted by Gasteiger charge is -2.12. The van der Waals surface area contributed by atoms with Crippen LogP contribution in [0.2, 0.25) is 0 Å². The second-order valence-corrected chi connectivity index (χ2v) is 2.92. The van der Waals surface area contributed by atoms with Crippen LogP contribution in [0.1, 0.15) is 25.5 Å². The van der Waals surface area contributed by atoms with Crippen LogP contribution in [0.5, 0.6) is 0 Å². The highest BCUT2D eigenvalue weighted by molar-refractivity contribution is 5.10. The standard InChI is InChI=1S/C9H17N3O/c1-3-10-9(7-13)8-5-11-12(4-2)6-8/h5-6,9-10,13H,3-4,7H2,1-2H3. The van der Waals surface area contributed by atoms with Gasteiger partial charge in [-0.1, -0.05) is 6.92 Å². The summed E-state index contributed by atoms with van der Waals surface area (Å²) in [6.07, 6.45) is 3.76. The maximum Gasteiger partial charge on any atom is 0.0627 e. The molecule has 0 aliphatic heterocycles. The monoisotopic (exact) mass is 183 g/mol. The molecule has 1 unspecified atom stereocenters. The number of aliphatic hydroxyl groups excluding tert-OH is 1. The molecule has 1 aromatic heterocycles. The zero-order valence-corrected chi connectivity index (χ0v) is 8.20. The molecule has 0 fully saturated rings. The summed E-state index contributed by atoms with van der Waals surface area (Å²) in [5.74, 6) is 0. The van der Waals surface area contributed by atoms with Crippen LogP contribution >= 0.6 is 0 Å². The van der Waals surface area contributed by atoms with Crippen LogP contribution in [0.4, 0.5) is 0 Å². The zero-order valence-electron chi connectivity index (χ0n) is 8.20. The smallest absolute Gasteiger partial charge is 0.0627 e. The van der Waals surface area contributed by atoms with E-state index in [9.17, 15) is 0 Å². The highest BCUT2D eigenvalue weighted by Crippen LogP contribution is 2.10. The molecule has 0 amide bonds. The number of aryl methyl sites for hydroxylation is 1. The van der Waals surface area contributed by atoms with Gasteiger partial charge in [-0.2, -0.15) is 5.10 Å². The molecule has 4 nitrogen and oxygen atoms in total. The van der Waals surface area contributed by atoms with Gasteiger partial charge in [-0.25, -0.2) is 0 Å². The molecule has 4 heteroatoms. The van der Waals surface area contributed by atoms with Crippen LogP contribution in [-0.4, -0.2) is 28.0 Å². The van der Waals surface area contributed by atoms with Crippen molar-refractivity contribution >= 4 is 0 Å². The summed E-state index contributed by atoms with van der Waals surface area (Å²) in [5, 5.41) is 16.4. The van der Waals surface area contributed by atoms with Crippen molar-refractivity contribution in [2.75, 3.05) is 13.2 Å². The minimum atomic E-state index is 0.0188. The molecule has 2 N–H and O–H groups in total. The number of hydrogen-bond acceptors (Lipinski definition) is 3. The van der Waals surface area contributed by atoms with Crippen molar-refractivity contribution in [3.8, 4) is 0 Å². The van der Waals surface area contributed by atoms with E-state index >= 15 is 0 Å². The summed E-state index contributed by atoms with van der Waals surface area (Å²) in [6.45, 7) is 5.89. The van der Waals surface area contributed by atoms with Gasteiger partial charge in [0, 0.05) is 18.3 Å². The van der Waals surface area contributed by atoms with E-state index < -0.39 is 0 Å². The van der Waals surface area contributed by atoms with Gasteiger partial charge in [0.1, 0.15) is 0 Å². The first kappa shape index (κ1) is 10.2. The Balaban J connectivity index is 2.67. The molecule has 0 aliphatic carbocycles. The van der Waals surface area contributed by atoms with Gasteiger partial charge in [0.05, 0.1) is 18.8 Å². The predicted octanol–water partition coefficient (Wildman–Crippen LogP) is 0.546. The molecule has 0 aliphatic rings. The molecule has 13 heavy (non-hydrogen) atoms. The normalized spacial score (nSPS) is 13.2. The first-order valence-corrected chi connectivity index (χ1v) is 4.68. The third-order valence-electron chi connectivity index (χ3n) is 2.01. The molecule has 0 saturated carbocycles. The minimum absolute atomic E-state index is 0.0188. The maximum atomic E-state index is 9.09. The molecular formula is C9H17N3O. The highest BCUT2D eigenvalue weighted by Gasteiger charge is 2.10. The van der Waals surface area contributed by atoms with Crippen molar-refractivity contribution in [3.63, 3.8) is 0 Å². The van der Waals surface area contributed by atoms with Crippen LogP contribution in [0, 0.1) is 0 Å². The van der Waals surface area contributed by atoms with Crippen LogP contribution in [-0.2, 0) is 6.54 Å². The molecule has 1 atom stereocenters. The van der Waals surface area contributed by atoms with E-state index in [1.807, 2.05) is 24.7 Å². The summed E-state index contributed by atoms with van der Waals surface area (Å²) in [7, 11) is 0. The topological polar surface area (TPSA) is 50.1 Å².